The van der Waals surface area contributed by atoms with Gasteiger partial charge in [0, 0.05) is 5.56 Å². The molecule has 0 radical (unpaired) electrons. The van der Waals surface area contributed by atoms with Crippen LogP contribution >= 0.6 is 23.4 Å². The SMILES string of the molecule is Cc1ccc(C)c(-n2c(SCC(N)=O)nnc2-c2ccccc2Cl)c1. The maximum absolute atomic E-state index is 11.2. The van der Waals surface area contributed by atoms with Crippen LogP contribution in [-0.4, -0.2) is 26.4 Å². The molecule has 2 N–H and O–H groups in total. The molecule has 1 aromatic heterocycles. The summed E-state index contributed by atoms with van der Waals surface area (Å²) in [5.41, 5.74) is 9.20. The number of halogens is 1. The molecule has 1 heterocycles. The van der Waals surface area contributed by atoms with Crippen LogP contribution in [0.5, 0.6) is 0 Å². The van der Waals surface area contributed by atoms with Gasteiger partial charge in [0.05, 0.1) is 16.5 Å². The Kier molecular flexibility index (Phi) is 5.11. The normalized spacial score (nSPS) is 10.8. The summed E-state index contributed by atoms with van der Waals surface area (Å²) >= 11 is 7.62. The Bertz CT molecular complexity index is 939. The summed E-state index contributed by atoms with van der Waals surface area (Å²) in [6, 6.07) is 13.6. The van der Waals surface area contributed by atoms with Gasteiger partial charge in [0.15, 0.2) is 11.0 Å². The minimum Gasteiger partial charge on any atom is -0.369 e. The number of aryl methyl sites for hydroxylation is 2. The van der Waals surface area contributed by atoms with Gasteiger partial charge in [-0.3, -0.25) is 9.36 Å². The number of aromatic nitrogens is 3. The Morgan fingerprint density at radius 2 is 1.96 bits per heavy atom. The van der Waals surface area contributed by atoms with Crippen molar-refractivity contribution in [3.05, 3.63) is 58.6 Å². The van der Waals surface area contributed by atoms with E-state index in [-0.39, 0.29) is 5.75 Å². The number of nitrogens with two attached hydrogens (primary N) is 1. The number of carbonyl (C=O) groups excluding carboxylic acids is 1. The Hall–Kier alpha value is -2.31. The fourth-order valence-electron chi connectivity index (χ4n) is 2.49. The van der Waals surface area contributed by atoms with Gasteiger partial charge in [-0.25, -0.2) is 0 Å². The zero-order valence-electron chi connectivity index (χ0n) is 13.9. The summed E-state index contributed by atoms with van der Waals surface area (Å²) in [5, 5.41) is 9.78. The maximum atomic E-state index is 11.2. The van der Waals surface area contributed by atoms with Gasteiger partial charge in [-0.2, -0.15) is 0 Å². The first-order chi connectivity index (χ1) is 12.0. The van der Waals surface area contributed by atoms with E-state index >= 15 is 0 Å². The smallest absolute Gasteiger partial charge is 0.227 e. The second-order valence-electron chi connectivity index (χ2n) is 5.67. The molecule has 5 nitrogen and oxygen atoms in total. The molecule has 0 aliphatic heterocycles. The zero-order chi connectivity index (χ0) is 18.0. The fraction of sp³-hybridized carbons (Fsp3) is 0.167. The highest BCUT2D eigenvalue weighted by atomic mass is 35.5. The second kappa shape index (κ2) is 7.29. The number of benzene rings is 2. The number of primary amides is 1. The summed E-state index contributed by atoms with van der Waals surface area (Å²) < 4.78 is 1.93. The lowest BCUT2D eigenvalue weighted by Crippen LogP contribution is -2.14. The lowest BCUT2D eigenvalue weighted by atomic mass is 10.1. The van der Waals surface area contributed by atoms with Crippen LogP contribution in [0.25, 0.3) is 17.1 Å². The van der Waals surface area contributed by atoms with E-state index in [0.717, 1.165) is 22.4 Å². The van der Waals surface area contributed by atoms with Crippen LogP contribution in [0.2, 0.25) is 5.02 Å². The van der Waals surface area contributed by atoms with Crippen molar-refractivity contribution in [2.75, 3.05) is 5.75 Å². The van der Waals surface area contributed by atoms with Gasteiger partial charge < -0.3 is 5.73 Å². The van der Waals surface area contributed by atoms with Crippen LogP contribution in [0.15, 0.2) is 47.6 Å². The van der Waals surface area contributed by atoms with Gasteiger partial charge in [0.2, 0.25) is 5.91 Å². The molecule has 3 rings (SSSR count). The van der Waals surface area contributed by atoms with E-state index < -0.39 is 5.91 Å². The first-order valence-corrected chi connectivity index (χ1v) is 9.03. The molecular formula is C18H17ClN4OS. The topological polar surface area (TPSA) is 73.8 Å². The number of amides is 1. The highest BCUT2D eigenvalue weighted by Gasteiger charge is 2.19. The van der Waals surface area contributed by atoms with Gasteiger partial charge in [0.1, 0.15) is 0 Å². The van der Waals surface area contributed by atoms with Crippen molar-refractivity contribution in [2.45, 2.75) is 19.0 Å². The molecule has 128 valence electrons. The van der Waals surface area contributed by atoms with Crippen LogP contribution in [0, 0.1) is 13.8 Å². The minimum absolute atomic E-state index is 0.130. The zero-order valence-corrected chi connectivity index (χ0v) is 15.4. The first kappa shape index (κ1) is 17.5. The standard InChI is InChI=1S/C18H17ClN4OS/c1-11-7-8-12(2)15(9-11)23-17(13-5-3-4-6-14(13)19)21-22-18(23)25-10-16(20)24/h3-9H,10H2,1-2H3,(H2,20,24). The summed E-state index contributed by atoms with van der Waals surface area (Å²) in [5.74, 6) is 0.358. The average Bonchev–Trinajstić information content (AvgIpc) is 2.99. The molecule has 0 spiro atoms. The van der Waals surface area contributed by atoms with E-state index in [2.05, 4.69) is 22.3 Å². The number of rotatable bonds is 5. The average molecular weight is 373 g/mol. The highest BCUT2D eigenvalue weighted by Crippen LogP contribution is 2.33. The molecule has 0 aliphatic rings. The second-order valence-corrected chi connectivity index (χ2v) is 7.02. The fourth-order valence-corrected chi connectivity index (χ4v) is 3.40. The van der Waals surface area contributed by atoms with Crippen molar-refractivity contribution >= 4 is 29.3 Å². The third-order valence-corrected chi connectivity index (χ3v) is 4.98. The summed E-state index contributed by atoms with van der Waals surface area (Å²) in [7, 11) is 0. The van der Waals surface area contributed by atoms with Crippen molar-refractivity contribution in [1.29, 1.82) is 0 Å². The molecule has 3 aromatic rings. The monoisotopic (exact) mass is 372 g/mol. The molecule has 0 fully saturated rings. The molecule has 0 saturated carbocycles. The Morgan fingerprint density at radius 1 is 1.20 bits per heavy atom. The van der Waals surface area contributed by atoms with Crippen molar-refractivity contribution in [1.82, 2.24) is 14.8 Å². The van der Waals surface area contributed by atoms with Crippen LogP contribution in [-0.2, 0) is 4.79 Å². The van der Waals surface area contributed by atoms with Crippen LogP contribution in [0.1, 0.15) is 11.1 Å². The highest BCUT2D eigenvalue weighted by molar-refractivity contribution is 7.99. The van der Waals surface area contributed by atoms with Gasteiger partial charge >= 0.3 is 0 Å². The third-order valence-electron chi connectivity index (χ3n) is 3.70. The first-order valence-electron chi connectivity index (χ1n) is 7.66. The Balaban J connectivity index is 2.22. The van der Waals surface area contributed by atoms with Gasteiger partial charge in [-0.1, -0.05) is 47.6 Å². The van der Waals surface area contributed by atoms with Crippen molar-refractivity contribution in [3.8, 4) is 17.1 Å². The Labute approximate surface area is 155 Å². The number of nitrogens with zero attached hydrogens (tertiary/aromatic N) is 3. The third kappa shape index (κ3) is 3.70. The van der Waals surface area contributed by atoms with Crippen molar-refractivity contribution in [3.63, 3.8) is 0 Å². The predicted molar refractivity (Wildman–Crippen MR) is 101 cm³/mol. The van der Waals surface area contributed by atoms with E-state index in [4.69, 9.17) is 17.3 Å². The largest absolute Gasteiger partial charge is 0.369 e. The van der Waals surface area contributed by atoms with E-state index in [9.17, 15) is 4.79 Å². The van der Waals surface area contributed by atoms with Gasteiger partial charge in [-0.05, 0) is 43.2 Å². The molecule has 0 saturated heterocycles. The molecule has 1 amide bonds. The molecule has 0 bridgehead atoms. The quantitative estimate of drug-likeness (QED) is 0.691. The maximum Gasteiger partial charge on any atom is 0.227 e. The number of carbonyl (C=O) groups is 1. The van der Waals surface area contributed by atoms with Crippen LogP contribution in [0.3, 0.4) is 0 Å². The molecule has 7 heteroatoms. The summed E-state index contributed by atoms with van der Waals surface area (Å²) in [6.07, 6.45) is 0. The van der Waals surface area contributed by atoms with Crippen molar-refractivity contribution in [2.24, 2.45) is 5.73 Å². The molecule has 2 aromatic carbocycles. The van der Waals surface area contributed by atoms with E-state index in [1.165, 1.54) is 11.8 Å². The van der Waals surface area contributed by atoms with Gasteiger partial charge in [-0.15, -0.1) is 10.2 Å². The van der Waals surface area contributed by atoms with E-state index in [1.54, 1.807) is 0 Å². The molecule has 0 atom stereocenters. The molecule has 0 aliphatic carbocycles. The van der Waals surface area contributed by atoms with Gasteiger partial charge in [0.25, 0.3) is 0 Å². The summed E-state index contributed by atoms with van der Waals surface area (Å²) in [6.45, 7) is 4.05. The molecule has 0 unspecified atom stereocenters. The number of hydrogen-bond acceptors (Lipinski definition) is 4. The minimum atomic E-state index is -0.403. The predicted octanol–water partition coefficient (Wildman–Crippen LogP) is 3.78. The van der Waals surface area contributed by atoms with E-state index in [1.807, 2.05) is 48.7 Å². The number of hydrogen-bond donors (Lipinski definition) is 1. The van der Waals surface area contributed by atoms with Crippen LogP contribution in [0.4, 0.5) is 0 Å². The summed E-state index contributed by atoms with van der Waals surface area (Å²) in [4.78, 5) is 11.2. The molecular weight excluding hydrogens is 356 g/mol. The molecule has 25 heavy (non-hydrogen) atoms. The lowest BCUT2D eigenvalue weighted by Gasteiger charge is -2.14. The van der Waals surface area contributed by atoms with Crippen LogP contribution < -0.4 is 5.73 Å². The van der Waals surface area contributed by atoms with E-state index in [0.29, 0.717) is 16.0 Å². The lowest BCUT2D eigenvalue weighted by molar-refractivity contribution is -0.115. The van der Waals surface area contributed by atoms with Crippen molar-refractivity contribution < 1.29 is 4.79 Å². The Morgan fingerprint density at radius 3 is 2.68 bits per heavy atom. The number of thioether (sulfide) groups is 1.